The van der Waals surface area contributed by atoms with E-state index >= 15 is 0 Å². The molecule has 2 fully saturated rings. The van der Waals surface area contributed by atoms with Crippen molar-refractivity contribution in [1.82, 2.24) is 15.1 Å². The van der Waals surface area contributed by atoms with Gasteiger partial charge in [-0.15, -0.1) is 0 Å². The van der Waals surface area contributed by atoms with E-state index in [1.807, 2.05) is 0 Å². The summed E-state index contributed by atoms with van der Waals surface area (Å²) >= 11 is 0. The number of ether oxygens (including phenoxy) is 1. The van der Waals surface area contributed by atoms with E-state index in [0.29, 0.717) is 62.0 Å². The number of halogens is 7. The number of rotatable bonds is 8. The summed E-state index contributed by atoms with van der Waals surface area (Å²) in [5, 5.41) is 2.64. The van der Waals surface area contributed by atoms with E-state index in [2.05, 4.69) is 5.32 Å². The Bertz CT molecular complexity index is 1440. The molecular weight excluding hydrogens is 647 g/mol. The molecule has 7 nitrogen and oxygen atoms in total. The van der Waals surface area contributed by atoms with Crippen molar-refractivity contribution in [1.29, 1.82) is 0 Å². The van der Waals surface area contributed by atoms with Crippen LogP contribution in [0.4, 0.5) is 35.5 Å². The molecule has 0 aromatic heterocycles. The van der Waals surface area contributed by atoms with Crippen molar-refractivity contribution in [2.75, 3.05) is 32.8 Å². The number of piperazine rings is 1. The maximum absolute atomic E-state index is 14.0. The van der Waals surface area contributed by atoms with E-state index in [1.54, 1.807) is 18.7 Å². The molecule has 48 heavy (non-hydrogen) atoms. The fourth-order valence-corrected chi connectivity index (χ4v) is 6.56. The van der Waals surface area contributed by atoms with E-state index in [-0.39, 0.29) is 61.5 Å². The molecule has 2 aliphatic rings. The van der Waals surface area contributed by atoms with Crippen LogP contribution < -0.4 is 5.32 Å². The van der Waals surface area contributed by atoms with Gasteiger partial charge in [0.05, 0.1) is 23.8 Å². The molecule has 1 saturated heterocycles. The average molecular weight is 688 g/mol. The molecule has 0 bridgehead atoms. The molecule has 1 unspecified atom stereocenters. The van der Waals surface area contributed by atoms with Crippen molar-refractivity contribution in [2.24, 2.45) is 11.8 Å². The largest absolute Gasteiger partial charge is 0.466 e. The van der Waals surface area contributed by atoms with Crippen molar-refractivity contribution >= 4 is 17.9 Å². The van der Waals surface area contributed by atoms with Crippen LogP contribution in [0.15, 0.2) is 36.4 Å². The van der Waals surface area contributed by atoms with Crippen molar-refractivity contribution in [3.8, 4) is 0 Å². The molecule has 1 aliphatic carbocycles. The minimum atomic E-state index is -5.00. The monoisotopic (exact) mass is 687 g/mol. The lowest BCUT2D eigenvalue weighted by molar-refractivity contribution is -0.145. The Hall–Kier alpha value is -3.84. The van der Waals surface area contributed by atoms with Crippen LogP contribution in [-0.2, 0) is 26.7 Å². The normalized spacial score (nSPS) is 21.1. The first-order valence-electron chi connectivity index (χ1n) is 16.0. The number of benzene rings is 2. The number of amides is 3. The summed E-state index contributed by atoms with van der Waals surface area (Å²) in [6.45, 7) is 5.28. The minimum Gasteiger partial charge on any atom is -0.466 e. The van der Waals surface area contributed by atoms with Crippen LogP contribution in [0, 0.1) is 24.6 Å². The van der Waals surface area contributed by atoms with Gasteiger partial charge in [0, 0.05) is 38.5 Å². The Kier molecular flexibility index (Phi) is 11.7. The Morgan fingerprint density at radius 3 is 2.12 bits per heavy atom. The highest BCUT2D eigenvalue weighted by molar-refractivity contribution is 5.80. The zero-order valence-corrected chi connectivity index (χ0v) is 27.0. The van der Waals surface area contributed by atoms with E-state index < -0.39 is 47.3 Å². The number of hydrogen-bond donors (Lipinski definition) is 1. The lowest BCUT2D eigenvalue weighted by atomic mass is 9.79. The number of hydrogen-bond acceptors (Lipinski definition) is 4. The Morgan fingerprint density at radius 1 is 0.938 bits per heavy atom. The summed E-state index contributed by atoms with van der Waals surface area (Å²) in [7, 11) is 0. The summed E-state index contributed by atoms with van der Waals surface area (Å²) in [6.07, 6.45) is -7.08. The van der Waals surface area contributed by atoms with Gasteiger partial charge in [-0.25, -0.2) is 9.18 Å². The summed E-state index contributed by atoms with van der Waals surface area (Å²) in [4.78, 5) is 42.2. The van der Waals surface area contributed by atoms with Gasteiger partial charge < -0.3 is 19.9 Å². The topological polar surface area (TPSA) is 79.0 Å². The standard InChI is InChI=1S/C34H40F7N3O4/c1-4-48-30(45)14-22-5-7-23(8-6-22)31(46)43-11-12-44(29(19-43)28-10-9-27(35)13-20(28)2)32(47)42-18-21(3)24-15-25(33(36,37)38)17-26(16-24)34(39,40)41/h9-10,13,15-17,21-23,29H,4-8,11-12,14,18-19H2,1-3H3,(H,42,47)/t21-,22?,23?,29?/m0/s1. The molecule has 1 aliphatic heterocycles. The second kappa shape index (κ2) is 15.1. The molecule has 0 radical (unpaired) electrons. The van der Waals surface area contributed by atoms with Crippen molar-refractivity contribution < 1.29 is 49.9 Å². The fourth-order valence-electron chi connectivity index (χ4n) is 6.56. The summed E-state index contributed by atoms with van der Waals surface area (Å²) in [5.74, 6) is -1.84. The predicted octanol–water partition coefficient (Wildman–Crippen LogP) is 7.63. The van der Waals surface area contributed by atoms with Crippen LogP contribution in [-0.4, -0.2) is 60.5 Å². The van der Waals surface area contributed by atoms with Crippen LogP contribution in [0.5, 0.6) is 0 Å². The third-order valence-corrected chi connectivity index (χ3v) is 9.24. The molecule has 1 heterocycles. The van der Waals surface area contributed by atoms with Gasteiger partial charge in [0.1, 0.15) is 5.82 Å². The first kappa shape index (κ1) is 37.0. The maximum Gasteiger partial charge on any atom is 0.416 e. The van der Waals surface area contributed by atoms with E-state index in [9.17, 15) is 45.1 Å². The highest BCUT2D eigenvalue weighted by atomic mass is 19.4. The highest BCUT2D eigenvalue weighted by Crippen LogP contribution is 2.38. The first-order valence-corrected chi connectivity index (χ1v) is 16.0. The zero-order valence-electron chi connectivity index (χ0n) is 27.0. The number of carbonyl (C=O) groups is 3. The maximum atomic E-state index is 14.0. The van der Waals surface area contributed by atoms with Crippen molar-refractivity contribution in [2.45, 2.75) is 77.2 Å². The van der Waals surface area contributed by atoms with Gasteiger partial charge in [-0.1, -0.05) is 13.0 Å². The van der Waals surface area contributed by atoms with Gasteiger partial charge in [0.15, 0.2) is 0 Å². The molecule has 3 amide bonds. The van der Waals surface area contributed by atoms with Gasteiger partial charge in [0.25, 0.3) is 0 Å². The molecule has 0 spiro atoms. The van der Waals surface area contributed by atoms with Crippen LogP contribution >= 0.6 is 0 Å². The Labute approximate surface area is 274 Å². The van der Waals surface area contributed by atoms with Gasteiger partial charge in [-0.05, 0) is 98.4 Å². The third-order valence-electron chi connectivity index (χ3n) is 9.24. The van der Waals surface area contributed by atoms with E-state index in [4.69, 9.17) is 4.74 Å². The summed E-state index contributed by atoms with van der Waals surface area (Å²) in [6, 6.07) is 4.13. The molecule has 4 rings (SSSR count). The average Bonchev–Trinajstić information content (AvgIpc) is 3.02. The smallest absolute Gasteiger partial charge is 0.416 e. The Balaban J connectivity index is 1.47. The lowest BCUT2D eigenvalue weighted by Crippen LogP contribution is -2.56. The zero-order chi connectivity index (χ0) is 35.4. The van der Waals surface area contributed by atoms with E-state index in [1.165, 1.54) is 30.0 Å². The Morgan fingerprint density at radius 2 is 1.56 bits per heavy atom. The van der Waals surface area contributed by atoms with Crippen LogP contribution in [0.2, 0.25) is 0 Å². The fraction of sp³-hybridized carbons (Fsp3) is 0.559. The van der Waals surface area contributed by atoms with Crippen molar-refractivity contribution in [3.05, 3.63) is 70.0 Å². The molecule has 2 atom stereocenters. The number of esters is 1. The minimum absolute atomic E-state index is 0.0559. The highest BCUT2D eigenvalue weighted by Gasteiger charge is 2.39. The van der Waals surface area contributed by atoms with Crippen LogP contribution in [0.3, 0.4) is 0 Å². The number of aryl methyl sites for hydroxylation is 1. The van der Waals surface area contributed by atoms with Gasteiger partial charge in [0.2, 0.25) is 5.91 Å². The van der Waals surface area contributed by atoms with Crippen LogP contribution in [0.1, 0.15) is 85.7 Å². The van der Waals surface area contributed by atoms with Gasteiger partial charge >= 0.3 is 24.4 Å². The predicted molar refractivity (Wildman–Crippen MR) is 162 cm³/mol. The molecule has 2 aromatic carbocycles. The van der Waals surface area contributed by atoms with E-state index in [0.717, 1.165) is 0 Å². The van der Waals surface area contributed by atoms with Crippen LogP contribution in [0.25, 0.3) is 0 Å². The lowest BCUT2D eigenvalue weighted by Gasteiger charge is -2.43. The second-order valence-corrected chi connectivity index (χ2v) is 12.6. The summed E-state index contributed by atoms with van der Waals surface area (Å²) < 4.78 is 99.5. The number of urea groups is 1. The van der Waals surface area contributed by atoms with Gasteiger partial charge in [-0.2, -0.15) is 26.3 Å². The SMILES string of the molecule is CCOC(=O)CC1CCC(C(=O)N2CCN(C(=O)NC[C@H](C)c3cc(C(F)(F)F)cc(C(F)(F)F)c3)C(c3ccc(F)cc3C)C2)CC1. The second-order valence-electron chi connectivity index (χ2n) is 12.6. The number of alkyl halides is 6. The quantitative estimate of drug-likeness (QED) is 0.229. The molecule has 2 aromatic rings. The molecule has 1 saturated carbocycles. The van der Waals surface area contributed by atoms with Crippen molar-refractivity contribution in [3.63, 3.8) is 0 Å². The molecule has 14 heteroatoms. The third kappa shape index (κ3) is 9.19. The summed E-state index contributed by atoms with van der Waals surface area (Å²) in [5.41, 5.74) is -1.97. The molecule has 1 N–H and O–H groups in total. The number of nitrogens with zero attached hydrogens (tertiary/aromatic N) is 2. The number of nitrogens with one attached hydrogen (secondary N) is 1. The molecule has 264 valence electrons. The number of carbonyl (C=O) groups excluding carboxylic acids is 3. The first-order chi connectivity index (χ1) is 22.5. The van der Waals surface area contributed by atoms with Gasteiger partial charge in [-0.3, -0.25) is 9.59 Å². The molecular formula is C34H40F7N3O4.